The molecule has 1 N–H and O–H groups in total. The van der Waals surface area contributed by atoms with Crippen LogP contribution >= 0.6 is 0 Å². The molecule has 1 amide bonds. The Morgan fingerprint density at radius 3 is 2.57 bits per heavy atom. The molecular weight excluding hydrogens is 352 g/mol. The van der Waals surface area contributed by atoms with Crippen LogP contribution in [0.2, 0.25) is 0 Å². The van der Waals surface area contributed by atoms with Gasteiger partial charge in [-0.25, -0.2) is 0 Å². The Morgan fingerprint density at radius 1 is 1.14 bits per heavy atom. The molecular formula is C23H24N2O3. The van der Waals surface area contributed by atoms with Crippen molar-refractivity contribution in [2.45, 2.75) is 20.8 Å². The number of nitriles is 1. The fourth-order valence-electron chi connectivity index (χ4n) is 2.48. The van der Waals surface area contributed by atoms with E-state index in [1.165, 1.54) is 6.08 Å². The number of carbonyl (C=O) groups excluding carboxylic acids is 1. The molecule has 144 valence electrons. The predicted octanol–water partition coefficient (Wildman–Crippen LogP) is 4.81. The number of hydrogen-bond acceptors (Lipinski definition) is 4. The minimum absolute atomic E-state index is 0.000404. The van der Waals surface area contributed by atoms with E-state index in [1.54, 1.807) is 24.3 Å². The van der Waals surface area contributed by atoms with Crippen molar-refractivity contribution >= 4 is 17.7 Å². The summed E-state index contributed by atoms with van der Waals surface area (Å²) in [5.41, 5.74) is 3.52. The Labute approximate surface area is 165 Å². The van der Waals surface area contributed by atoms with Gasteiger partial charge in [-0.2, -0.15) is 5.26 Å². The Morgan fingerprint density at radius 2 is 1.93 bits per heavy atom. The van der Waals surface area contributed by atoms with Crippen molar-refractivity contribution in [3.63, 3.8) is 0 Å². The largest absolute Gasteiger partial charge is 0.490 e. The zero-order chi connectivity index (χ0) is 20.5. The molecule has 0 spiro atoms. The molecule has 0 aromatic heterocycles. The molecule has 0 atom stereocenters. The van der Waals surface area contributed by atoms with Crippen molar-refractivity contribution < 1.29 is 14.3 Å². The number of rotatable bonds is 8. The lowest BCUT2D eigenvalue weighted by Crippen LogP contribution is -2.13. The third kappa shape index (κ3) is 5.49. The van der Waals surface area contributed by atoms with E-state index in [2.05, 4.69) is 11.9 Å². The lowest BCUT2D eigenvalue weighted by Gasteiger charge is -2.11. The summed E-state index contributed by atoms with van der Waals surface area (Å²) in [6.45, 7) is 10.3. The van der Waals surface area contributed by atoms with E-state index in [9.17, 15) is 10.1 Å². The fraction of sp³-hybridized carbons (Fsp3) is 0.217. The Balaban J connectivity index is 2.25. The topological polar surface area (TPSA) is 71.3 Å². The highest BCUT2D eigenvalue weighted by molar-refractivity contribution is 6.09. The van der Waals surface area contributed by atoms with Crippen LogP contribution in [0.1, 0.15) is 23.6 Å². The number of benzene rings is 2. The van der Waals surface area contributed by atoms with Crippen molar-refractivity contribution in [2.24, 2.45) is 0 Å². The first kappa shape index (κ1) is 20.8. The maximum absolute atomic E-state index is 12.5. The number of nitrogens with zero attached hydrogens (tertiary/aromatic N) is 1. The van der Waals surface area contributed by atoms with E-state index in [-0.39, 0.29) is 5.57 Å². The normalized spacial score (nSPS) is 10.7. The molecule has 28 heavy (non-hydrogen) atoms. The van der Waals surface area contributed by atoms with Crippen LogP contribution in [0.5, 0.6) is 11.5 Å². The summed E-state index contributed by atoms with van der Waals surface area (Å²) in [6, 6.07) is 12.8. The number of amides is 1. The van der Waals surface area contributed by atoms with Gasteiger partial charge in [0.25, 0.3) is 5.91 Å². The zero-order valence-corrected chi connectivity index (χ0v) is 16.4. The molecule has 0 bridgehead atoms. The highest BCUT2D eigenvalue weighted by atomic mass is 16.5. The van der Waals surface area contributed by atoms with E-state index in [1.807, 2.05) is 45.0 Å². The smallest absolute Gasteiger partial charge is 0.266 e. The molecule has 0 aliphatic rings. The summed E-state index contributed by atoms with van der Waals surface area (Å²) in [4.78, 5) is 12.5. The molecule has 0 aliphatic carbocycles. The van der Waals surface area contributed by atoms with Crippen LogP contribution in [0, 0.1) is 25.2 Å². The molecule has 2 rings (SSSR count). The van der Waals surface area contributed by atoms with Gasteiger partial charge in [0.15, 0.2) is 11.5 Å². The molecule has 0 aliphatic heterocycles. The second-order valence-corrected chi connectivity index (χ2v) is 6.16. The monoisotopic (exact) mass is 376 g/mol. The van der Waals surface area contributed by atoms with Gasteiger partial charge in [-0.15, -0.1) is 0 Å². The third-order valence-corrected chi connectivity index (χ3v) is 4.07. The molecule has 0 heterocycles. The number of hydrogen-bond donors (Lipinski definition) is 1. The Hall–Kier alpha value is -3.52. The average Bonchev–Trinajstić information content (AvgIpc) is 2.68. The molecule has 0 saturated carbocycles. The van der Waals surface area contributed by atoms with Gasteiger partial charge in [-0.05, 0) is 67.8 Å². The third-order valence-electron chi connectivity index (χ3n) is 4.07. The van der Waals surface area contributed by atoms with Crippen molar-refractivity contribution in [1.29, 1.82) is 5.26 Å². The van der Waals surface area contributed by atoms with Gasteiger partial charge in [0.2, 0.25) is 0 Å². The number of aryl methyl sites for hydroxylation is 2. The average molecular weight is 376 g/mol. The summed E-state index contributed by atoms with van der Waals surface area (Å²) < 4.78 is 11.2. The van der Waals surface area contributed by atoms with Crippen molar-refractivity contribution in [2.75, 3.05) is 18.5 Å². The Bertz CT molecular complexity index is 939. The SMILES string of the molecule is C=CCOc1ccc(/C=C(\C#N)C(=O)Nc2ccc(C)c(C)c2)cc1OCC. The van der Waals surface area contributed by atoms with Gasteiger partial charge < -0.3 is 14.8 Å². The van der Waals surface area contributed by atoms with Crippen LogP contribution in [-0.4, -0.2) is 19.1 Å². The van der Waals surface area contributed by atoms with Gasteiger partial charge in [0, 0.05) is 5.69 Å². The molecule has 5 heteroatoms. The Kier molecular flexibility index (Phi) is 7.41. The van der Waals surface area contributed by atoms with E-state index < -0.39 is 5.91 Å². The van der Waals surface area contributed by atoms with Crippen LogP contribution in [0.4, 0.5) is 5.69 Å². The first-order chi connectivity index (χ1) is 13.5. The molecule has 0 saturated heterocycles. The second kappa shape index (κ2) is 9.98. The number of carbonyl (C=O) groups is 1. The molecule has 0 radical (unpaired) electrons. The minimum atomic E-state index is -0.462. The van der Waals surface area contributed by atoms with Crippen molar-refractivity contribution in [3.8, 4) is 17.6 Å². The summed E-state index contributed by atoms with van der Waals surface area (Å²) in [5.74, 6) is 0.664. The van der Waals surface area contributed by atoms with Crippen LogP contribution in [0.3, 0.4) is 0 Å². The quantitative estimate of drug-likeness (QED) is 0.408. The van der Waals surface area contributed by atoms with Gasteiger partial charge >= 0.3 is 0 Å². The number of ether oxygens (including phenoxy) is 2. The number of nitrogens with one attached hydrogen (secondary N) is 1. The molecule has 2 aromatic carbocycles. The van der Waals surface area contributed by atoms with Crippen LogP contribution in [0.15, 0.2) is 54.6 Å². The standard InChI is InChI=1S/C23H24N2O3/c1-5-11-28-21-10-8-18(14-22(21)27-6-2)13-19(15-24)23(26)25-20-9-7-16(3)17(4)12-20/h5,7-10,12-14H,1,6,11H2,2-4H3,(H,25,26)/b19-13+. The maximum atomic E-state index is 12.5. The van der Waals surface area contributed by atoms with Crippen molar-refractivity contribution in [1.82, 2.24) is 0 Å². The maximum Gasteiger partial charge on any atom is 0.266 e. The summed E-state index contributed by atoms with van der Waals surface area (Å²) in [6.07, 6.45) is 3.17. The van der Waals surface area contributed by atoms with Crippen LogP contribution < -0.4 is 14.8 Å². The highest BCUT2D eigenvalue weighted by Gasteiger charge is 2.12. The first-order valence-corrected chi connectivity index (χ1v) is 8.99. The van der Waals surface area contributed by atoms with Gasteiger partial charge in [-0.3, -0.25) is 4.79 Å². The van der Waals surface area contributed by atoms with Crippen LogP contribution in [0.25, 0.3) is 6.08 Å². The van der Waals surface area contributed by atoms with E-state index >= 15 is 0 Å². The summed E-state index contributed by atoms with van der Waals surface area (Å²) >= 11 is 0. The van der Waals surface area contributed by atoms with Gasteiger partial charge in [0.05, 0.1) is 6.61 Å². The molecule has 5 nitrogen and oxygen atoms in total. The van der Waals surface area contributed by atoms with E-state index in [4.69, 9.17) is 9.47 Å². The molecule has 2 aromatic rings. The highest BCUT2D eigenvalue weighted by Crippen LogP contribution is 2.29. The second-order valence-electron chi connectivity index (χ2n) is 6.16. The summed E-state index contributed by atoms with van der Waals surface area (Å²) in [5, 5.41) is 12.2. The first-order valence-electron chi connectivity index (χ1n) is 8.99. The van der Waals surface area contributed by atoms with Gasteiger partial charge in [-0.1, -0.05) is 24.8 Å². The molecule has 0 fully saturated rings. The predicted molar refractivity (Wildman–Crippen MR) is 111 cm³/mol. The fourth-order valence-corrected chi connectivity index (χ4v) is 2.48. The lowest BCUT2D eigenvalue weighted by atomic mass is 10.1. The van der Waals surface area contributed by atoms with E-state index in [0.29, 0.717) is 36.0 Å². The number of anilines is 1. The van der Waals surface area contributed by atoms with Crippen LogP contribution in [-0.2, 0) is 4.79 Å². The van der Waals surface area contributed by atoms with E-state index in [0.717, 1.165) is 11.1 Å². The lowest BCUT2D eigenvalue weighted by molar-refractivity contribution is -0.112. The minimum Gasteiger partial charge on any atom is -0.490 e. The zero-order valence-electron chi connectivity index (χ0n) is 16.4. The van der Waals surface area contributed by atoms with Crippen molar-refractivity contribution in [3.05, 3.63) is 71.3 Å². The molecule has 0 unspecified atom stereocenters. The van der Waals surface area contributed by atoms with Gasteiger partial charge in [0.1, 0.15) is 18.2 Å². The summed E-state index contributed by atoms with van der Waals surface area (Å²) in [7, 11) is 0.